The van der Waals surface area contributed by atoms with E-state index in [1.54, 1.807) is 7.05 Å². The van der Waals surface area contributed by atoms with Gasteiger partial charge in [0.05, 0.1) is 0 Å². The largest absolute Gasteiger partial charge is 0.392 e. The van der Waals surface area contributed by atoms with Crippen molar-refractivity contribution in [2.75, 3.05) is 7.05 Å². The minimum Gasteiger partial charge on any atom is -0.392 e. The van der Waals surface area contributed by atoms with E-state index in [1.807, 2.05) is 6.92 Å². The zero-order valence-electron chi connectivity index (χ0n) is 5.53. The molecule has 0 aliphatic heterocycles. The number of alkyl halides is 1. The molecule has 0 heterocycles. The van der Waals surface area contributed by atoms with Crippen LogP contribution in [-0.2, 0) is 0 Å². The first-order valence-corrected chi connectivity index (χ1v) is 2.67. The summed E-state index contributed by atoms with van der Waals surface area (Å²) in [5, 5.41) is 2.82. The lowest BCUT2D eigenvalue weighted by atomic mass is 10.3. The highest BCUT2D eigenvalue weighted by molar-refractivity contribution is 4.97. The molecule has 0 bridgehead atoms. The van der Waals surface area contributed by atoms with Crippen LogP contribution < -0.4 is 5.32 Å². The lowest BCUT2D eigenvalue weighted by Crippen LogP contribution is -2.03. The van der Waals surface area contributed by atoms with Crippen molar-refractivity contribution in [3.8, 4) is 0 Å². The second-order valence-electron chi connectivity index (χ2n) is 1.78. The molecule has 0 rings (SSSR count). The van der Waals surface area contributed by atoms with Gasteiger partial charge in [-0.05, 0) is 19.9 Å². The van der Waals surface area contributed by atoms with Crippen LogP contribution >= 0.6 is 0 Å². The molecule has 0 spiro atoms. The minimum atomic E-state index is -0.845. The fraction of sp³-hybridized carbons (Fsp3) is 0.667. The van der Waals surface area contributed by atoms with Crippen molar-refractivity contribution in [3.05, 3.63) is 11.8 Å². The molecule has 1 unspecified atom stereocenters. The summed E-state index contributed by atoms with van der Waals surface area (Å²) in [5.74, 6) is 0. The summed E-state index contributed by atoms with van der Waals surface area (Å²) >= 11 is 0. The second kappa shape index (κ2) is 3.47. The maximum atomic E-state index is 12.0. The third kappa shape index (κ3) is 3.65. The lowest BCUT2D eigenvalue weighted by Gasteiger charge is -1.97. The molecule has 1 nitrogen and oxygen atoms in total. The molecule has 0 aromatic heterocycles. The fourth-order valence-electron chi connectivity index (χ4n) is 0.428. The van der Waals surface area contributed by atoms with Gasteiger partial charge in [0.2, 0.25) is 0 Å². The molecule has 48 valence electrons. The van der Waals surface area contributed by atoms with E-state index in [4.69, 9.17) is 0 Å². The van der Waals surface area contributed by atoms with Crippen molar-refractivity contribution < 1.29 is 4.39 Å². The lowest BCUT2D eigenvalue weighted by molar-refractivity contribution is 0.427. The van der Waals surface area contributed by atoms with Crippen molar-refractivity contribution in [1.29, 1.82) is 0 Å². The molecule has 0 aromatic rings. The van der Waals surface area contributed by atoms with Crippen LogP contribution in [0.15, 0.2) is 11.8 Å². The highest BCUT2D eigenvalue weighted by atomic mass is 19.1. The van der Waals surface area contributed by atoms with Crippen LogP contribution in [0.1, 0.15) is 13.8 Å². The Labute approximate surface area is 49.6 Å². The SMILES string of the molecule is CN/C(C)=C/C(C)F. The maximum Gasteiger partial charge on any atom is 0.117 e. The quantitative estimate of drug-likeness (QED) is 0.577. The van der Waals surface area contributed by atoms with Crippen LogP contribution in [0, 0.1) is 0 Å². The molecule has 0 aromatic carbocycles. The van der Waals surface area contributed by atoms with Crippen LogP contribution in [0.3, 0.4) is 0 Å². The van der Waals surface area contributed by atoms with Gasteiger partial charge in [0.15, 0.2) is 0 Å². The number of hydrogen-bond acceptors (Lipinski definition) is 1. The Kier molecular flexibility index (Phi) is 3.24. The van der Waals surface area contributed by atoms with E-state index in [-0.39, 0.29) is 0 Å². The predicted octanol–water partition coefficient (Wildman–Crippen LogP) is 1.47. The zero-order valence-corrected chi connectivity index (χ0v) is 5.53. The molecule has 8 heavy (non-hydrogen) atoms. The number of halogens is 1. The molecule has 0 aliphatic carbocycles. The standard InChI is InChI=1S/C6H12FN/c1-5(7)4-6(2)8-3/h4-5,8H,1-3H3/b6-4+. The van der Waals surface area contributed by atoms with Crippen LogP contribution in [0.25, 0.3) is 0 Å². The Morgan fingerprint density at radius 3 is 2.38 bits per heavy atom. The molecule has 0 fully saturated rings. The summed E-state index contributed by atoms with van der Waals surface area (Å²) in [6, 6.07) is 0. The van der Waals surface area contributed by atoms with Gasteiger partial charge >= 0.3 is 0 Å². The highest BCUT2D eigenvalue weighted by Gasteiger charge is 1.89. The van der Waals surface area contributed by atoms with E-state index in [0.29, 0.717) is 0 Å². The topological polar surface area (TPSA) is 12.0 Å². The molecule has 1 N–H and O–H groups in total. The van der Waals surface area contributed by atoms with Crippen molar-refractivity contribution in [2.24, 2.45) is 0 Å². The molecule has 0 amide bonds. The third-order valence-electron chi connectivity index (χ3n) is 0.874. The molecule has 1 atom stereocenters. The monoisotopic (exact) mass is 117 g/mol. The van der Waals surface area contributed by atoms with Gasteiger partial charge in [-0.25, -0.2) is 4.39 Å². The van der Waals surface area contributed by atoms with Gasteiger partial charge in [-0.3, -0.25) is 0 Å². The smallest absolute Gasteiger partial charge is 0.117 e. The van der Waals surface area contributed by atoms with Crippen LogP contribution in [0.2, 0.25) is 0 Å². The predicted molar refractivity (Wildman–Crippen MR) is 33.4 cm³/mol. The third-order valence-corrected chi connectivity index (χ3v) is 0.874. The first kappa shape index (κ1) is 7.47. The van der Waals surface area contributed by atoms with Crippen molar-refractivity contribution in [1.82, 2.24) is 5.32 Å². The first-order valence-electron chi connectivity index (χ1n) is 2.67. The average molecular weight is 117 g/mol. The van der Waals surface area contributed by atoms with Crippen LogP contribution in [0.5, 0.6) is 0 Å². The summed E-state index contributed by atoms with van der Waals surface area (Å²) in [5.41, 5.74) is 0.875. The molecular formula is C6H12FN. The van der Waals surface area contributed by atoms with E-state index in [0.717, 1.165) is 5.70 Å². The van der Waals surface area contributed by atoms with E-state index in [2.05, 4.69) is 5.32 Å². The van der Waals surface area contributed by atoms with E-state index in [9.17, 15) is 4.39 Å². The van der Waals surface area contributed by atoms with Gasteiger partial charge in [0.1, 0.15) is 6.17 Å². The normalized spacial score (nSPS) is 15.8. The Hall–Kier alpha value is -0.530. The van der Waals surface area contributed by atoms with Gasteiger partial charge < -0.3 is 5.32 Å². The molecule has 2 heteroatoms. The summed E-state index contributed by atoms with van der Waals surface area (Å²) < 4.78 is 12.0. The fourth-order valence-corrected chi connectivity index (χ4v) is 0.428. The van der Waals surface area contributed by atoms with Gasteiger partial charge in [0, 0.05) is 12.7 Å². The van der Waals surface area contributed by atoms with Crippen LogP contribution in [-0.4, -0.2) is 13.2 Å². The van der Waals surface area contributed by atoms with E-state index < -0.39 is 6.17 Å². The van der Waals surface area contributed by atoms with Gasteiger partial charge in [-0.2, -0.15) is 0 Å². The highest BCUT2D eigenvalue weighted by Crippen LogP contribution is 1.93. The molecule has 0 saturated carbocycles. The van der Waals surface area contributed by atoms with Gasteiger partial charge in [-0.15, -0.1) is 0 Å². The molecule has 0 radical (unpaired) electrons. The zero-order chi connectivity index (χ0) is 6.57. The van der Waals surface area contributed by atoms with Crippen molar-refractivity contribution >= 4 is 0 Å². The van der Waals surface area contributed by atoms with Crippen molar-refractivity contribution in [3.63, 3.8) is 0 Å². The first-order chi connectivity index (χ1) is 3.66. The van der Waals surface area contributed by atoms with Crippen molar-refractivity contribution in [2.45, 2.75) is 20.0 Å². The summed E-state index contributed by atoms with van der Waals surface area (Å²) in [4.78, 5) is 0. The number of rotatable bonds is 2. The number of nitrogens with one attached hydrogen (secondary N) is 1. The minimum absolute atomic E-state index is 0.845. The Balaban J connectivity index is 3.56. The Morgan fingerprint density at radius 1 is 1.75 bits per heavy atom. The Bertz CT molecular complexity index is 86.5. The van der Waals surface area contributed by atoms with Gasteiger partial charge in [-0.1, -0.05) is 0 Å². The molecular weight excluding hydrogens is 105 g/mol. The maximum absolute atomic E-state index is 12.0. The number of hydrogen-bond donors (Lipinski definition) is 1. The van der Waals surface area contributed by atoms with Gasteiger partial charge in [0.25, 0.3) is 0 Å². The van der Waals surface area contributed by atoms with E-state index >= 15 is 0 Å². The Morgan fingerprint density at radius 2 is 2.25 bits per heavy atom. The second-order valence-corrected chi connectivity index (χ2v) is 1.78. The summed E-state index contributed by atoms with van der Waals surface area (Å²) in [6.45, 7) is 3.33. The van der Waals surface area contributed by atoms with E-state index in [1.165, 1.54) is 13.0 Å². The molecule has 0 aliphatic rings. The average Bonchev–Trinajstić information content (AvgIpc) is 1.65. The van der Waals surface area contributed by atoms with Crippen LogP contribution in [0.4, 0.5) is 4.39 Å². The summed E-state index contributed by atoms with van der Waals surface area (Å²) in [6.07, 6.45) is 0.683. The number of allylic oxidation sites excluding steroid dienone is 2. The molecule has 0 saturated heterocycles. The summed E-state index contributed by atoms with van der Waals surface area (Å²) in [7, 11) is 1.77.